The quantitative estimate of drug-likeness (QED) is 0.823. The van der Waals surface area contributed by atoms with E-state index in [4.69, 9.17) is 0 Å². The molecule has 0 amide bonds. The van der Waals surface area contributed by atoms with Crippen molar-refractivity contribution in [3.63, 3.8) is 0 Å². The van der Waals surface area contributed by atoms with E-state index >= 15 is 0 Å². The Labute approximate surface area is 130 Å². The van der Waals surface area contributed by atoms with Crippen molar-refractivity contribution in [2.45, 2.75) is 33.2 Å². The second-order valence-electron chi connectivity index (χ2n) is 5.64. The van der Waals surface area contributed by atoms with E-state index in [2.05, 4.69) is 66.4 Å². The Morgan fingerprint density at radius 3 is 2.76 bits per heavy atom. The maximum Gasteiger partial charge on any atom is 0.226 e. The molecule has 0 aromatic carbocycles. The van der Waals surface area contributed by atoms with Crippen molar-refractivity contribution in [2.24, 2.45) is 0 Å². The van der Waals surface area contributed by atoms with Crippen LogP contribution in [-0.2, 0) is 0 Å². The van der Waals surface area contributed by atoms with Gasteiger partial charge in [-0.2, -0.15) is 4.98 Å². The third-order valence-corrected chi connectivity index (χ3v) is 4.19. The molecule has 2 rings (SSSR count). The topological polar surface area (TPSA) is 53.1 Å². The van der Waals surface area contributed by atoms with Crippen LogP contribution in [0.3, 0.4) is 0 Å². The average molecular weight is 307 g/mol. The lowest BCUT2D eigenvalue weighted by molar-refractivity contribution is 0.390. The van der Waals surface area contributed by atoms with Gasteiger partial charge < -0.3 is 15.5 Å². The third kappa shape index (κ3) is 4.28. The molecule has 0 aliphatic rings. The standard InChI is InChI=1S/C15H25N5S/c1-6-16-15-18-13(17-10(2)7-8-20(4)5)12-9-11(3)21-14(12)19-15/h9-10H,6-8H2,1-5H3,(H2,16,17,18,19). The first-order valence-electron chi connectivity index (χ1n) is 7.43. The van der Waals surface area contributed by atoms with E-state index in [1.807, 2.05) is 0 Å². The predicted octanol–water partition coefficient (Wildman–Crippen LogP) is 3.18. The molecule has 6 heteroatoms. The molecule has 0 saturated carbocycles. The first-order valence-corrected chi connectivity index (χ1v) is 8.24. The van der Waals surface area contributed by atoms with Gasteiger partial charge in [-0.25, -0.2) is 4.98 Å². The van der Waals surface area contributed by atoms with Gasteiger partial charge in [-0.1, -0.05) is 0 Å². The number of aromatic nitrogens is 2. The van der Waals surface area contributed by atoms with Crippen molar-refractivity contribution < 1.29 is 0 Å². The zero-order valence-electron chi connectivity index (χ0n) is 13.5. The molecule has 0 radical (unpaired) electrons. The molecule has 0 fully saturated rings. The summed E-state index contributed by atoms with van der Waals surface area (Å²) >= 11 is 1.71. The highest BCUT2D eigenvalue weighted by molar-refractivity contribution is 7.18. The molecule has 0 bridgehead atoms. The fourth-order valence-corrected chi connectivity index (χ4v) is 3.03. The SMILES string of the molecule is CCNc1nc(NC(C)CCN(C)C)c2cc(C)sc2n1. The lowest BCUT2D eigenvalue weighted by atomic mass is 10.2. The molecule has 2 aromatic rings. The summed E-state index contributed by atoms with van der Waals surface area (Å²) < 4.78 is 0. The summed E-state index contributed by atoms with van der Waals surface area (Å²) in [4.78, 5) is 13.7. The number of aryl methyl sites for hydroxylation is 1. The minimum Gasteiger partial charge on any atom is -0.367 e. The van der Waals surface area contributed by atoms with Gasteiger partial charge in [0.1, 0.15) is 10.6 Å². The van der Waals surface area contributed by atoms with Crippen LogP contribution in [0.4, 0.5) is 11.8 Å². The molecule has 2 N–H and O–H groups in total. The first-order chi connectivity index (χ1) is 9.99. The highest BCUT2D eigenvalue weighted by Crippen LogP contribution is 2.30. The number of nitrogens with zero attached hydrogens (tertiary/aromatic N) is 3. The molecule has 0 saturated heterocycles. The van der Waals surface area contributed by atoms with Gasteiger partial charge in [-0.05, 0) is 53.9 Å². The number of rotatable bonds is 7. The molecular formula is C15H25N5S. The molecule has 2 aromatic heterocycles. The van der Waals surface area contributed by atoms with E-state index in [0.29, 0.717) is 12.0 Å². The molecule has 0 aliphatic carbocycles. The van der Waals surface area contributed by atoms with Gasteiger partial charge in [0, 0.05) is 17.5 Å². The Morgan fingerprint density at radius 1 is 1.33 bits per heavy atom. The van der Waals surface area contributed by atoms with Crippen molar-refractivity contribution in [1.82, 2.24) is 14.9 Å². The summed E-state index contributed by atoms with van der Waals surface area (Å²) in [5.41, 5.74) is 0. The molecule has 1 unspecified atom stereocenters. The van der Waals surface area contributed by atoms with Crippen LogP contribution < -0.4 is 10.6 Å². The van der Waals surface area contributed by atoms with Gasteiger partial charge in [0.2, 0.25) is 5.95 Å². The number of hydrogen-bond donors (Lipinski definition) is 2. The fraction of sp³-hybridized carbons (Fsp3) is 0.600. The summed E-state index contributed by atoms with van der Waals surface area (Å²) in [5.74, 6) is 1.64. The summed E-state index contributed by atoms with van der Waals surface area (Å²) in [5, 5.41) is 7.87. The van der Waals surface area contributed by atoms with Crippen molar-refractivity contribution in [1.29, 1.82) is 0 Å². The smallest absolute Gasteiger partial charge is 0.226 e. The average Bonchev–Trinajstić information content (AvgIpc) is 2.77. The van der Waals surface area contributed by atoms with E-state index in [1.54, 1.807) is 11.3 Å². The van der Waals surface area contributed by atoms with Crippen LogP contribution in [0.25, 0.3) is 10.2 Å². The first kappa shape index (κ1) is 16.0. The maximum atomic E-state index is 4.63. The number of thiophene rings is 1. The summed E-state index contributed by atoms with van der Waals surface area (Å²) in [6.07, 6.45) is 1.08. The van der Waals surface area contributed by atoms with Crippen LogP contribution >= 0.6 is 11.3 Å². The number of hydrogen-bond acceptors (Lipinski definition) is 6. The number of nitrogens with one attached hydrogen (secondary N) is 2. The predicted molar refractivity (Wildman–Crippen MR) is 92.6 cm³/mol. The lowest BCUT2D eigenvalue weighted by Crippen LogP contribution is -2.23. The van der Waals surface area contributed by atoms with E-state index in [0.717, 1.165) is 35.5 Å². The Kier molecular flexibility index (Phi) is 5.36. The van der Waals surface area contributed by atoms with Crippen molar-refractivity contribution in [3.8, 4) is 0 Å². The molecule has 0 aliphatic heterocycles. The van der Waals surface area contributed by atoms with Crippen molar-refractivity contribution in [3.05, 3.63) is 10.9 Å². The van der Waals surface area contributed by atoms with E-state index in [9.17, 15) is 0 Å². The number of anilines is 2. The molecule has 5 nitrogen and oxygen atoms in total. The fourth-order valence-electron chi connectivity index (χ4n) is 2.15. The van der Waals surface area contributed by atoms with E-state index in [-0.39, 0.29) is 0 Å². The Morgan fingerprint density at radius 2 is 2.10 bits per heavy atom. The van der Waals surface area contributed by atoms with Gasteiger partial charge >= 0.3 is 0 Å². The van der Waals surface area contributed by atoms with Gasteiger partial charge in [0.05, 0.1) is 5.39 Å². The van der Waals surface area contributed by atoms with Gasteiger partial charge in [-0.15, -0.1) is 11.3 Å². The van der Waals surface area contributed by atoms with Crippen LogP contribution in [0.2, 0.25) is 0 Å². The van der Waals surface area contributed by atoms with Gasteiger partial charge in [0.25, 0.3) is 0 Å². The van der Waals surface area contributed by atoms with Crippen LogP contribution in [0, 0.1) is 6.92 Å². The maximum absolute atomic E-state index is 4.63. The van der Waals surface area contributed by atoms with E-state index < -0.39 is 0 Å². The third-order valence-electron chi connectivity index (χ3n) is 3.24. The summed E-state index contributed by atoms with van der Waals surface area (Å²) in [6, 6.07) is 2.54. The second kappa shape index (κ2) is 7.04. The van der Waals surface area contributed by atoms with Gasteiger partial charge in [0.15, 0.2) is 0 Å². The molecule has 116 valence electrons. The van der Waals surface area contributed by atoms with Crippen molar-refractivity contribution in [2.75, 3.05) is 37.8 Å². The second-order valence-corrected chi connectivity index (χ2v) is 6.87. The minimum atomic E-state index is 0.375. The molecule has 0 spiro atoms. The Balaban J connectivity index is 2.23. The van der Waals surface area contributed by atoms with Crippen LogP contribution in [0.15, 0.2) is 6.07 Å². The molecule has 2 heterocycles. The molecule has 21 heavy (non-hydrogen) atoms. The highest BCUT2D eigenvalue weighted by atomic mass is 32.1. The van der Waals surface area contributed by atoms with Crippen LogP contribution in [0.1, 0.15) is 25.1 Å². The Bertz CT molecular complexity index is 593. The summed E-state index contributed by atoms with van der Waals surface area (Å²) in [6.45, 7) is 8.25. The normalized spacial score (nSPS) is 12.9. The van der Waals surface area contributed by atoms with Gasteiger partial charge in [-0.3, -0.25) is 0 Å². The van der Waals surface area contributed by atoms with Crippen LogP contribution in [-0.4, -0.2) is 48.1 Å². The van der Waals surface area contributed by atoms with E-state index in [1.165, 1.54) is 4.88 Å². The van der Waals surface area contributed by atoms with Crippen LogP contribution in [0.5, 0.6) is 0 Å². The lowest BCUT2D eigenvalue weighted by Gasteiger charge is -2.18. The highest BCUT2D eigenvalue weighted by Gasteiger charge is 2.12. The number of fused-ring (bicyclic) bond motifs is 1. The zero-order valence-corrected chi connectivity index (χ0v) is 14.3. The monoisotopic (exact) mass is 307 g/mol. The minimum absolute atomic E-state index is 0.375. The molecular weight excluding hydrogens is 282 g/mol. The molecule has 1 atom stereocenters. The zero-order chi connectivity index (χ0) is 15.4. The van der Waals surface area contributed by atoms with Crippen molar-refractivity contribution >= 4 is 33.3 Å². The Hall–Kier alpha value is -1.40. The summed E-state index contributed by atoms with van der Waals surface area (Å²) in [7, 11) is 4.20. The largest absolute Gasteiger partial charge is 0.367 e.